The Morgan fingerprint density at radius 2 is 1.67 bits per heavy atom. The number of nitrogens with zero attached hydrogens (tertiary/aromatic N) is 2. The Morgan fingerprint density at radius 1 is 1.03 bits per heavy atom. The molecule has 0 aliphatic carbocycles. The van der Waals surface area contributed by atoms with E-state index in [1.165, 1.54) is 16.8 Å². The molecule has 0 N–H and O–H groups in total. The van der Waals surface area contributed by atoms with Gasteiger partial charge >= 0.3 is 7.12 Å². The number of para-hydroxylation sites is 2. The first kappa shape index (κ1) is 20.9. The van der Waals surface area contributed by atoms with Crippen molar-refractivity contribution in [1.29, 1.82) is 0 Å². The summed E-state index contributed by atoms with van der Waals surface area (Å²) in [7, 11) is -0.366. The number of fused-ring (bicyclic) bond motifs is 3. The Labute approximate surface area is 179 Å². The molecule has 156 valence electrons. The molecule has 1 saturated heterocycles. The average molecular weight is 402 g/mol. The van der Waals surface area contributed by atoms with Gasteiger partial charge in [0.2, 0.25) is 0 Å². The van der Waals surface area contributed by atoms with Crippen LogP contribution in [0.1, 0.15) is 63.9 Å². The quantitative estimate of drug-likeness (QED) is 0.492. The highest BCUT2D eigenvalue weighted by Gasteiger charge is 2.51. The Hall–Kier alpha value is -2.37. The molecule has 5 heteroatoms. The van der Waals surface area contributed by atoms with Gasteiger partial charge in [-0.25, -0.2) is 4.98 Å². The van der Waals surface area contributed by atoms with E-state index in [9.17, 15) is 0 Å². The third-order valence-electron chi connectivity index (χ3n) is 6.71. The van der Waals surface area contributed by atoms with Crippen molar-refractivity contribution in [1.82, 2.24) is 9.38 Å². The zero-order chi connectivity index (χ0) is 21.8. The van der Waals surface area contributed by atoms with Gasteiger partial charge in [-0.05, 0) is 90.2 Å². The molecular formula is C25H31BN2O2. The van der Waals surface area contributed by atoms with Gasteiger partial charge in [0.15, 0.2) is 0 Å². The third-order valence-corrected chi connectivity index (χ3v) is 6.71. The summed E-state index contributed by atoms with van der Waals surface area (Å²) in [6.45, 7) is 16.8. The second kappa shape index (κ2) is 7.10. The smallest absolute Gasteiger partial charge is 0.400 e. The van der Waals surface area contributed by atoms with Crippen molar-refractivity contribution in [3.8, 4) is 0 Å². The van der Waals surface area contributed by atoms with E-state index in [4.69, 9.17) is 14.3 Å². The van der Waals surface area contributed by atoms with Gasteiger partial charge in [0.05, 0.1) is 27.9 Å². The molecule has 0 saturated carbocycles. The number of imidazole rings is 1. The summed E-state index contributed by atoms with van der Waals surface area (Å²) in [6, 6.07) is 8.30. The standard InChI is InChI=1S/C25H31BN2O2/c1-9-12-21-18(4)17(3)19(23-27-20-13-10-11-14-22(20)28(21)23)15-16(2)26-29-24(5,6)25(7,8)30-26/h9-15H,1-8H3/b12-9-,16-15+. The first-order valence-corrected chi connectivity index (χ1v) is 10.6. The zero-order valence-electron chi connectivity index (χ0n) is 19.3. The molecule has 0 spiro atoms. The predicted octanol–water partition coefficient (Wildman–Crippen LogP) is 6.17. The fourth-order valence-corrected chi connectivity index (χ4v) is 4.03. The minimum atomic E-state index is -0.366. The van der Waals surface area contributed by atoms with Crippen LogP contribution in [-0.4, -0.2) is 27.7 Å². The molecule has 3 heterocycles. The maximum atomic E-state index is 6.27. The lowest BCUT2D eigenvalue weighted by molar-refractivity contribution is 0.00578. The number of benzene rings is 1. The van der Waals surface area contributed by atoms with Crippen molar-refractivity contribution in [3.05, 3.63) is 58.2 Å². The van der Waals surface area contributed by atoms with Crippen LogP contribution in [0.15, 0.2) is 35.8 Å². The molecule has 2 aromatic heterocycles. The zero-order valence-corrected chi connectivity index (χ0v) is 19.3. The van der Waals surface area contributed by atoms with Gasteiger partial charge in [-0.15, -0.1) is 0 Å². The summed E-state index contributed by atoms with van der Waals surface area (Å²) >= 11 is 0. The lowest BCUT2D eigenvalue weighted by Crippen LogP contribution is -2.41. The molecule has 30 heavy (non-hydrogen) atoms. The number of rotatable bonds is 3. The Bertz CT molecular complexity index is 1190. The molecule has 1 aromatic carbocycles. The molecule has 3 aromatic rings. The van der Waals surface area contributed by atoms with E-state index in [1.54, 1.807) is 0 Å². The van der Waals surface area contributed by atoms with Crippen molar-refractivity contribution in [3.63, 3.8) is 0 Å². The number of hydrogen-bond acceptors (Lipinski definition) is 3. The van der Waals surface area contributed by atoms with E-state index >= 15 is 0 Å². The molecule has 0 amide bonds. The Balaban J connectivity index is 1.95. The maximum Gasteiger partial charge on any atom is 0.490 e. The highest BCUT2D eigenvalue weighted by atomic mass is 16.7. The second-order valence-electron chi connectivity index (χ2n) is 9.29. The molecule has 0 unspecified atom stereocenters. The normalized spacial score (nSPS) is 18.9. The van der Waals surface area contributed by atoms with Gasteiger partial charge < -0.3 is 9.31 Å². The summed E-state index contributed by atoms with van der Waals surface area (Å²) in [4.78, 5) is 5.00. The molecule has 4 rings (SSSR count). The van der Waals surface area contributed by atoms with E-state index < -0.39 is 0 Å². The van der Waals surface area contributed by atoms with Crippen molar-refractivity contribution in [2.75, 3.05) is 0 Å². The molecule has 0 radical (unpaired) electrons. The fourth-order valence-electron chi connectivity index (χ4n) is 4.03. The minimum Gasteiger partial charge on any atom is -0.400 e. The van der Waals surface area contributed by atoms with Crippen molar-refractivity contribution in [2.24, 2.45) is 0 Å². The van der Waals surface area contributed by atoms with E-state index in [2.05, 4.69) is 96.2 Å². The van der Waals surface area contributed by atoms with Gasteiger partial charge in [0, 0.05) is 5.56 Å². The summed E-state index contributed by atoms with van der Waals surface area (Å²) in [5, 5.41) is 0. The second-order valence-corrected chi connectivity index (χ2v) is 9.29. The van der Waals surface area contributed by atoms with Crippen molar-refractivity contribution in [2.45, 2.75) is 66.6 Å². The van der Waals surface area contributed by atoms with E-state index in [0.717, 1.165) is 27.7 Å². The summed E-state index contributed by atoms with van der Waals surface area (Å²) < 4.78 is 14.8. The maximum absolute atomic E-state index is 6.27. The van der Waals surface area contributed by atoms with E-state index in [1.807, 2.05) is 6.07 Å². The van der Waals surface area contributed by atoms with Gasteiger partial charge in [-0.1, -0.05) is 24.3 Å². The lowest BCUT2D eigenvalue weighted by atomic mass is 9.78. The molecule has 0 atom stereocenters. The van der Waals surface area contributed by atoms with Crippen LogP contribution in [0, 0.1) is 13.8 Å². The third kappa shape index (κ3) is 3.12. The first-order chi connectivity index (χ1) is 14.1. The number of allylic oxidation sites excluding steroid dienone is 2. The molecule has 0 bridgehead atoms. The summed E-state index contributed by atoms with van der Waals surface area (Å²) in [5.41, 5.74) is 8.16. The Kier molecular flexibility index (Phi) is 4.95. The van der Waals surface area contributed by atoms with Crippen LogP contribution >= 0.6 is 0 Å². The molecule has 4 nitrogen and oxygen atoms in total. The van der Waals surface area contributed by atoms with Crippen LogP contribution in [0.3, 0.4) is 0 Å². The minimum absolute atomic E-state index is 0.356. The van der Waals surface area contributed by atoms with Crippen LogP contribution in [0.2, 0.25) is 0 Å². The van der Waals surface area contributed by atoms with Crippen LogP contribution in [0.4, 0.5) is 0 Å². The largest absolute Gasteiger partial charge is 0.490 e. The summed E-state index contributed by atoms with van der Waals surface area (Å²) in [5.74, 6) is 0. The average Bonchev–Trinajstić information content (AvgIpc) is 3.16. The molecular weight excluding hydrogens is 371 g/mol. The highest BCUT2D eigenvalue weighted by Crippen LogP contribution is 2.39. The van der Waals surface area contributed by atoms with Crippen molar-refractivity contribution < 1.29 is 9.31 Å². The monoisotopic (exact) mass is 402 g/mol. The summed E-state index contributed by atoms with van der Waals surface area (Å²) in [6.07, 6.45) is 6.43. The first-order valence-electron chi connectivity index (χ1n) is 10.6. The van der Waals surface area contributed by atoms with Crippen LogP contribution in [-0.2, 0) is 9.31 Å². The molecule has 1 aliphatic rings. The van der Waals surface area contributed by atoms with Gasteiger partial charge in [0.25, 0.3) is 0 Å². The predicted molar refractivity (Wildman–Crippen MR) is 127 cm³/mol. The fraction of sp³-hybridized carbons (Fsp3) is 0.400. The number of hydrogen-bond donors (Lipinski definition) is 0. The van der Waals surface area contributed by atoms with Gasteiger partial charge in [-0.3, -0.25) is 4.40 Å². The number of pyridine rings is 1. The van der Waals surface area contributed by atoms with Crippen LogP contribution in [0.5, 0.6) is 0 Å². The van der Waals surface area contributed by atoms with E-state index in [0.29, 0.717) is 0 Å². The number of aromatic nitrogens is 2. The molecule has 1 fully saturated rings. The van der Waals surface area contributed by atoms with Crippen molar-refractivity contribution >= 4 is 36.0 Å². The Morgan fingerprint density at radius 3 is 2.30 bits per heavy atom. The SMILES string of the molecule is C/C=C\c1c(C)c(C)c(/C=C(\C)B2OC(C)(C)C(C)(C)O2)c2nc3ccccc3n12. The van der Waals surface area contributed by atoms with Crippen LogP contribution < -0.4 is 0 Å². The molecule has 1 aliphatic heterocycles. The van der Waals surface area contributed by atoms with Gasteiger partial charge in [0.1, 0.15) is 5.65 Å². The topological polar surface area (TPSA) is 35.8 Å². The van der Waals surface area contributed by atoms with Gasteiger partial charge in [-0.2, -0.15) is 0 Å². The van der Waals surface area contributed by atoms with Crippen LogP contribution in [0.25, 0.3) is 28.8 Å². The van der Waals surface area contributed by atoms with E-state index in [-0.39, 0.29) is 18.3 Å². The lowest BCUT2D eigenvalue weighted by Gasteiger charge is -2.32. The highest BCUT2D eigenvalue weighted by molar-refractivity contribution is 6.55.